The SMILES string of the molecule is CCC/C=C\CCCCCCCC(=O)OCC(COC(OCC[N+](C)(C)C)C(=O)[O-])OC(=O)CCCCCCCCC/C=C\CCCCCCCC. The molecule has 2 unspecified atom stereocenters. The van der Waals surface area contributed by atoms with Crippen molar-refractivity contribution in [2.24, 2.45) is 0 Å². The predicted octanol–water partition coefficient (Wildman–Crippen LogP) is 9.16. The Balaban J connectivity index is 4.46. The number of carboxylic acids is 1. The highest BCUT2D eigenvalue weighted by Gasteiger charge is 2.21. The van der Waals surface area contributed by atoms with Crippen LogP contribution in [0.25, 0.3) is 0 Å². The van der Waals surface area contributed by atoms with E-state index >= 15 is 0 Å². The Morgan fingerprint density at radius 1 is 0.558 bits per heavy atom. The summed E-state index contributed by atoms with van der Waals surface area (Å²) < 4.78 is 22.5. The predicted molar refractivity (Wildman–Crippen MR) is 209 cm³/mol. The first-order valence-electron chi connectivity index (χ1n) is 21.0. The van der Waals surface area contributed by atoms with Crippen LogP contribution in [0.5, 0.6) is 0 Å². The van der Waals surface area contributed by atoms with E-state index in [9.17, 15) is 19.5 Å². The van der Waals surface area contributed by atoms with Gasteiger partial charge in [0.05, 0.1) is 40.3 Å². The highest BCUT2D eigenvalue weighted by atomic mass is 16.7. The molecule has 0 aliphatic heterocycles. The number of quaternary nitrogens is 1. The Hall–Kier alpha value is -2.23. The maximum atomic E-state index is 12.7. The van der Waals surface area contributed by atoms with Gasteiger partial charge in [0.1, 0.15) is 13.2 Å². The summed E-state index contributed by atoms with van der Waals surface area (Å²) in [5.74, 6) is -2.30. The number of unbranched alkanes of at least 4 members (excludes halogenated alkanes) is 19. The molecule has 0 aliphatic rings. The van der Waals surface area contributed by atoms with Crippen molar-refractivity contribution < 1.29 is 42.9 Å². The van der Waals surface area contributed by atoms with Gasteiger partial charge >= 0.3 is 11.9 Å². The molecule has 0 aromatic rings. The Morgan fingerprint density at radius 2 is 1.02 bits per heavy atom. The van der Waals surface area contributed by atoms with Crippen molar-refractivity contribution in [1.82, 2.24) is 0 Å². The summed E-state index contributed by atoms with van der Waals surface area (Å²) in [5, 5.41) is 11.6. The topological polar surface area (TPSA) is 111 Å². The number of allylic oxidation sites excluding steroid dienone is 4. The fourth-order valence-corrected chi connectivity index (χ4v) is 5.59. The van der Waals surface area contributed by atoms with Crippen LogP contribution in [-0.4, -0.2) is 82.3 Å². The fraction of sp³-hybridized carbons (Fsp3) is 0.837. The van der Waals surface area contributed by atoms with Crippen LogP contribution < -0.4 is 5.11 Å². The smallest absolute Gasteiger partial charge is 0.306 e. The van der Waals surface area contributed by atoms with Gasteiger partial charge in [-0.3, -0.25) is 9.59 Å². The minimum Gasteiger partial charge on any atom is -0.545 e. The molecular weight excluding hydrogens is 658 g/mol. The Kier molecular flexibility index (Phi) is 34.2. The fourth-order valence-electron chi connectivity index (χ4n) is 5.59. The van der Waals surface area contributed by atoms with Crippen molar-refractivity contribution in [3.8, 4) is 0 Å². The van der Waals surface area contributed by atoms with Crippen LogP contribution in [0.2, 0.25) is 0 Å². The summed E-state index contributed by atoms with van der Waals surface area (Å²) in [5.41, 5.74) is 0. The lowest BCUT2D eigenvalue weighted by Crippen LogP contribution is -2.44. The molecule has 0 bridgehead atoms. The van der Waals surface area contributed by atoms with E-state index in [1.807, 2.05) is 21.1 Å². The summed E-state index contributed by atoms with van der Waals surface area (Å²) in [4.78, 5) is 36.8. The third kappa shape index (κ3) is 36.1. The van der Waals surface area contributed by atoms with Gasteiger partial charge in [-0.15, -0.1) is 0 Å². The molecule has 0 fully saturated rings. The number of esters is 2. The minimum absolute atomic E-state index is 0.146. The largest absolute Gasteiger partial charge is 0.545 e. The lowest BCUT2D eigenvalue weighted by molar-refractivity contribution is -0.870. The van der Waals surface area contributed by atoms with Crippen molar-refractivity contribution >= 4 is 17.9 Å². The summed E-state index contributed by atoms with van der Waals surface area (Å²) in [6, 6.07) is 0. The second-order valence-electron chi connectivity index (χ2n) is 15.3. The molecule has 9 nitrogen and oxygen atoms in total. The zero-order valence-corrected chi connectivity index (χ0v) is 34.2. The van der Waals surface area contributed by atoms with Gasteiger partial charge in [-0.1, -0.05) is 128 Å². The monoisotopic (exact) mass is 738 g/mol. The zero-order valence-electron chi connectivity index (χ0n) is 34.2. The van der Waals surface area contributed by atoms with Crippen LogP contribution in [0, 0.1) is 0 Å². The number of nitrogens with zero attached hydrogens (tertiary/aromatic N) is 1. The van der Waals surface area contributed by atoms with E-state index in [0.29, 0.717) is 17.4 Å². The number of hydrogen-bond acceptors (Lipinski definition) is 8. The minimum atomic E-state index is -1.62. The number of likely N-dealkylation sites (N-methyl/N-ethyl adjacent to an activating group) is 1. The first kappa shape index (κ1) is 49.8. The first-order chi connectivity index (χ1) is 25.1. The van der Waals surface area contributed by atoms with Crippen molar-refractivity contribution in [2.45, 2.75) is 187 Å². The van der Waals surface area contributed by atoms with E-state index in [2.05, 4.69) is 38.2 Å². The van der Waals surface area contributed by atoms with Gasteiger partial charge in [0, 0.05) is 12.8 Å². The van der Waals surface area contributed by atoms with Gasteiger partial charge in [0.2, 0.25) is 0 Å². The highest BCUT2D eigenvalue weighted by molar-refractivity contribution is 5.70. The first-order valence-corrected chi connectivity index (χ1v) is 21.0. The molecule has 0 aromatic carbocycles. The molecule has 0 rings (SSSR count). The second kappa shape index (κ2) is 35.8. The Bertz CT molecular complexity index is 913. The number of ether oxygens (including phenoxy) is 4. The summed E-state index contributed by atoms with van der Waals surface area (Å²) >= 11 is 0. The average molecular weight is 738 g/mol. The lowest BCUT2D eigenvalue weighted by Gasteiger charge is -2.26. The number of aliphatic carboxylic acids is 1. The summed E-state index contributed by atoms with van der Waals surface area (Å²) in [7, 11) is 5.90. The van der Waals surface area contributed by atoms with E-state index in [4.69, 9.17) is 18.9 Å². The van der Waals surface area contributed by atoms with Crippen LogP contribution in [-0.2, 0) is 33.3 Å². The maximum Gasteiger partial charge on any atom is 0.306 e. The number of carboxylic acid groups (broad SMARTS) is 1. The van der Waals surface area contributed by atoms with Crippen molar-refractivity contribution in [1.29, 1.82) is 0 Å². The average Bonchev–Trinajstić information content (AvgIpc) is 3.09. The van der Waals surface area contributed by atoms with E-state index < -0.39 is 24.3 Å². The van der Waals surface area contributed by atoms with Crippen molar-refractivity contribution in [2.75, 3.05) is 47.5 Å². The van der Waals surface area contributed by atoms with Gasteiger partial charge in [-0.2, -0.15) is 0 Å². The molecule has 0 amide bonds. The standard InChI is InChI=1S/C43H79NO8/c1-6-8-10-12-14-16-18-19-20-21-22-23-24-26-28-30-32-34-41(46)52-39(38-51-43(42(47)48)49-36-35-44(3,4)5)37-50-40(45)33-31-29-27-25-17-15-13-11-9-7-2/h11,13,19-20,39,43H,6-10,12,14-18,21-38H2,1-5H3/b13-11-,20-19-. The molecule has 0 N–H and O–H groups in total. The zero-order chi connectivity index (χ0) is 38.5. The van der Waals surface area contributed by atoms with Gasteiger partial charge < -0.3 is 33.3 Å². The van der Waals surface area contributed by atoms with Crippen LogP contribution in [0.15, 0.2) is 24.3 Å². The molecule has 304 valence electrons. The number of carbonyl (C=O) groups is 3. The molecule has 52 heavy (non-hydrogen) atoms. The molecule has 0 saturated heterocycles. The van der Waals surface area contributed by atoms with Gasteiger partial charge in [0.25, 0.3) is 0 Å². The molecule has 0 heterocycles. The third-order valence-electron chi connectivity index (χ3n) is 8.90. The number of rotatable bonds is 38. The molecular formula is C43H79NO8. The van der Waals surface area contributed by atoms with E-state index in [0.717, 1.165) is 70.6 Å². The van der Waals surface area contributed by atoms with E-state index in [1.165, 1.54) is 70.6 Å². The molecule has 0 saturated carbocycles. The van der Waals surface area contributed by atoms with Crippen molar-refractivity contribution in [3.63, 3.8) is 0 Å². The molecule has 0 aliphatic carbocycles. The van der Waals surface area contributed by atoms with E-state index in [-0.39, 0.29) is 38.6 Å². The molecule has 0 spiro atoms. The van der Waals surface area contributed by atoms with E-state index in [1.54, 1.807) is 0 Å². The van der Waals surface area contributed by atoms with Gasteiger partial charge in [-0.25, -0.2) is 0 Å². The number of hydrogen-bond donors (Lipinski definition) is 0. The number of carbonyl (C=O) groups excluding carboxylic acids is 3. The lowest BCUT2D eigenvalue weighted by atomic mass is 10.1. The molecule has 2 atom stereocenters. The quantitative estimate of drug-likeness (QED) is 0.0203. The van der Waals surface area contributed by atoms with Crippen LogP contribution in [0.4, 0.5) is 0 Å². The molecule has 0 aromatic heterocycles. The van der Waals surface area contributed by atoms with Crippen LogP contribution in [0.1, 0.15) is 174 Å². The maximum absolute atomic E-state index is 12.7. The summed E-state index contributed by atoms with van der Waals surface area (Å²) in [6.07, 6.45) is 33.5. The van der Waals surface area contributed by atoms with Crippen molar-refractivity contribution in [3.05, 3.63) is 24.3 Å². The van der Waals surface area contributed by atoms with Gasteiger partial charge in [0.15, 0.2) is 12.4 Å². The summed E-state index contributed by atoms with van der Waals surface area (Å²) in [6.45, 7) is 4.65. The second-order valence-corrected chi connectivity index (χ2v) is 15.3. The van der Waals surface area contributed by atoms with Gasteiger partial charge in [-0.05, 0) is 57.8 Å². The normalized spacial score (nSPS) is 13.2. The van der Waals surface area contributed by atoms with Crippen LogP contribution >= 0.6 is 0 Å². The molecule has 0 radical (unpaired) electrons. The molecule has 9 heteroatoms. The van der Waals surface area contributed by atoms with Crippen LogP contribution in [0.3, 0.4) is 0 Å². The third-order valence-corrected chi connectivity index (χ3v) is 8.90. The Labute approximate surface area is 318 Å². The highest BCUT2D eigenvalue weighted by Crippen LogP contribution is 2.13. The Morgan fingerprint density at radius 3 is 1.50 bits per heavy atom.